The van der Waals surface area contributed by atoms with Gasteiger partial charge in [0.25, 0.3) is 0 Å². The largest absolute Gasteiger partial charge is 0.330 e. The first-order valence-electron chi connectivity index (χ1n) is 7.59. The summed E-state index contributed by atoms with van der Waals surface area (Å²) in [6.07, 6.45) is 6.95. The van der Waals surface area contributed by atoms with Crippen LogP contribution in [0.1, 0.15) is 52.9 Å². The van der Waals surface area contributed by atoms with Gasteiger partial charge in [-0.05, 0) is 50.5 Å². The summed E-state index contributed by atoms with van der Waals surface area (Å²) in [5.74, 6) is 2.51. The van der Waals surface area contributed by atoms with Crippen molar-refractivity contribution >= 4 is 0 Å². The Morgan fingerprint density at radius 1 is 1.06 bits per heavy atom. The molecule has 1 saturated heterocycles. The van der Waals surface area contributed by atoms with Crippen molar-refractivity contribution in [2.45, 2.75) is 65.0 Å². The molecule has 0 amide bonds. The molecule has 2 N–H and O–H groups in total. The lowest BCUT2D eigenvalue weighted by molar-refractivity contribution is 0.0138. The van der Waals surface area contributed by atoms with Crippen molar-refractivity contribution in [1.29, 1.82) is 0 Å². The van der Waals surface area contributed by atoms with Crippen LogP contribution in [0, 0.1) is 17.8 Å². The molecule has 0 aromatic carbocycles. The number of likely N-dealkylation sites (tertiary alicyclic amines) is 1. The summed E-state index contributed by atoms with van der Waals surface area (Å²) < 4.78 is 0. The van der Waals surface area contributed by atoms with Crippen LogP contribution in [0.15, 0.2) is 0 Å². The van der Waals surface area contributed by atoms with Crippen LogP contribution in [0.4, 0.5) is 0 Å². The van der Waals surface area contributed by atoms with Crippen LogP contribution >= 0.6 is 0 Å². The summed E-state index contributed by atoms with van der Waals surface area (Å²) in [4.78, 5) is 2.79. The van der Waals surface area contributed by atoms with Gasteiger partial charge in [-0.3, -0.25) is 4.90 Å². The van der Waals surface area contributed by atoms with Crippen LogP contribution in [0.3, 0.4) is 0 Å². The van der Waals surface area contributed by atoms with Gasteiger partial charge in [0.05, 0.1) is 0 Å². The topological polar surface area (TPSA) is 29.3 Å². The van der Waals surface area contributed by atoms with E-state index in [9.17, 15) is 0 Å². The Morgan fingerprint density at radius 3 is 2.53 bits per heavy atom. The Hall–Kier alpha value is -0.0800. The molecule has 5 unspecified atom stereocenters. The lowest BCUT2D eigenvalue weighted by Gasteiger charge is -2.48. The molecule has 1 aliphatic heterocycles. The number of nitrogens with two attached hydrogens (primary N) is 1. The normalized spacial score (nSPS) is 44.8. The highest BCUT2D eigenvalue weighted by atomic mass is 15.2. The molecule has 17 heavy (non-hydrogen) atoms. The number of rotatable bonds is 2. The van der Waals surface area contributed by atoms with Gasteiger partial charge in [-0.1, -0.05) is 26.7 Å². The summed E-state index contributed by atoms with van der Waals surface area (Å²) in [6.45, 7) is 9.44. The van der Waals surface area contributed by atoms with Gasteiger partial charge in [-0.25, -0.2) is 0 Å². The van der Waals surface area contributed by atoms with E-state index in [1.165, 1.54) is 38.6 Å². The van der Waals surface area contributed by atoms with Crippen molar-refractivity contribution < 1.29 is 0 Å². The highest BCUT2D eigenvalue weighted by molar-refractivity contribution is 4.90. The number of piperidine rings is 1. The fourth-order valence-corrected chi connectivity index (χ4v) is 3.89. The third kappa shape index (κ3) is 2.85. The predicted molar refractivity (Wildman–Crippen MR) is 73.9 cm³/mol. The van der Waals surface area contributed by atoms with Gasteiger partial charge in [0.2, 0.25) is 0 Å². The van der Waals surface area contributed by atoms with Crippen LogP contribution < -0.4 is 5.73 Å². The first kappa shape index (κ1) is 13.4. The number of hydrogen-bond donors (Lipinski definition) is 1. The lowest BCUT2D eigenvalue weighted by Crippen LogP contribution is -2.53. The fourth-order valence-electron chi connectivity index (χ4n) is 3.89. The maximum Gasteiger partial charge on any atom is 0.0126 e. The summed E-state index contributed by atoms with van der Waals surface area (Å²) in [7, 11) is 0. The van der Waals surface area contributed by atoms with E-state index < -0.39 is 0 Å². The van der Waals surface area contributed by atoms with E-state index in [1.54, 1.807) is 0 Å². The van der Waals surface area contributed by atoms with Crippen LogP contribution in [-0.4, -0.2) is 30.1 Å². The molecule has 2 rings (SSSR count). The molecule has 0 bridgehead atoms. The highest BCUT2D eigenvalue weighted by Gasteiger charge is 2.36. The van der Waals surface area contributed by atoms with Crippen LogP contribution in [0.5, 0.6) is 0 Å². The quantitative estimate of drug-likeness (QED) is 0.801. The van der Waals surface area contributed by atoms with Crippen molar-refractivity contribution in [1.82, 2.24) is 4.90 Å². The zero-order valence-electron chi connectivity index (χ0n) is 11.9. The molecule has 2 nitrogen and oxygen atoms in total. The van der Waals surface area contributed by atoms with Crippen molar-refractivity contribution in [2.75, 3.05) is 13.1 Å². The first-order chi connectivity index (χ1) is 8.13. The first-order valence-corrected chi connectivity index (χ1v) is 7.59. The van der Waals surface area contributed by atoms with Crippen molar-refractivity contribution in [3.8, 4) is 0 Å². The van der Waals surface area contributed by atoms with Crippen LogP contribution in [0.2, 0.25) is 0 Å². The Balaban J connectivity index is 2.03. The molecule has 0 aromatic rings. The molecule has 2 aliphatic rings. The minimum absolute atomic E-state index is 0.746. The Bertz CT molecular complexity index is 241. The maximum atomic E-state index is 5.88. The molecule has 1 heterocycles. The predicted octanol–water partition coefficient (Wildman–Crippen LogP) is 2.87. The van der Waals surface area contributed by atoms with E-state index in [0.717, 1.165) is 36.4 Å². The van der Waals surface area contributed by atoms with E-state index in [-0.39, 0.29) is 0 Å². The van der Waals surface area contributed by atoms with Gasteiger partial charge in [0.1, 0.15) is 0 Å². The van der Waals surface area contributed by atoms with E-state index in [0.29, 0.717) is 0 Å². The summed E-state index contributed by atoms with van der Waals surface area (Å²) >= 11 is 0. The molecule has 1 saturated carbocycles. The molecule has 2 fully saturated rings. The molecule has 5 atom stereocenters. The molecule has 100 valence electrons. The molecule has 0 aromatic heterocycles. The molecule has 0 spiro atoms. The van der Waals surface area contributed by atoms with E-state index in [4.69, 9.17) is 5.73 Å². The monoisotopic (exact) mass is 238 g/mol. The third-order valence-corrected chi connectivity index (χ3v) is 5.45. The van der Waals surface area contributed by atoms with Crippen LogP contribution in [0.25, 0.3) is 0 Å². The molecule has 2 heteroatoms. The summed E-state index contributed by atoms with van der Waals surface area (Å²) in [5.41, 5.74) is 5.88. The highest BCUT2D eigenvalue weighted by Crippen LogP contribution is 2.36. The minimum atomic E-state index is 0.746. The fraction of sp³-hybridized carbons (Fsp3) is 1.00. The SMILES string of the molecule is CC1CCCC(N2CC(CN)CCC2C)C1C. The average Bonchev–Trinajstić information content (AvgIpc) is 2.34. The molecule has 0 radical (unpaired) electrons. The standard InChI is InChI=1S/C15H30N2/c1-11-5-4-6-15(13(11)3)17-10-14(9-16)8-7-12(17)2/h11-15H,4-10,16H2,1-3H3. The summed E-state index contributed by atoms with van der Waals surface area (Å²) in [6, 6.07) is 1.60. The zero-order valence-corrected chi connectivity index (χ0v) is 11.9. The smallest absolute Gasteiger partial charge is 0.0126 e. The van der Waals surface area contributed by atoms with Gasteiger partial charge in [0, 0.05) is 18.6 Å². The minimum Gasteiger partial charge on any atom is -0.330 e. The van der Waals surface area contributed by atoms with Gasteiger partial charge in [-0.15, -0.1) is 0 Å². The second kappa shape index (κ2) is 5.71. The van der Waals surface area contributed by atoms with Gasteiger partial charge in [0.15, 0.2) is 0 Å². The van der Waals surface area contributed by atoms with E-state index in [1.807, 2.05) is 0 Å². The second-order valence-corrected chi connectivity index (χ2v) is 6.56. The van der Waals surface area contributed by atoms with Gasteiger partial charge < -0.3 is 5.73 Å². The second-order valence-electron chi connectivity index (χ2n) is 6.56. The van der Waals surface area contributed by atoms with Crippen molar-refractivity contribution in [3.63, 3.8) is 0 Å². The Labute approximate surface area is 107 Å². The van der Waals surface area contributed by atoms with Crippen molar-refractivity contribution in [3.05, 3.63) is 0 Å². The Morgan fingerprint density at radius 2 is 1.82 bits per heavy atom. The van der Waals surface area contributed by atoms with Crippen LogP contribution in [-0.2, 0) is 0 Å². The molecular formula is C15H30N2. The summed E-state index contributed by atoms with van der Waals surface area (Å²) in [5, 5.41) is 0. The third-order valence-electron chi connectivity index (χ3n) is 5.45. The zero-order chi connectivity index (χ0) is 12.4. The van der Waals surface area contributed by atoms with Gasteiger partial charge in [-0.2, -0.15) is 0 Å². The average molecular weight is 238 g/mol. The number of nitrogens with zero attached hydrogens (tertiary/aromatic N) is 1. The maximum absolute atomic E-state index is 5.88. The Kier molecular flexibility index (Phi) is 4.48. The number of hydrogen-bond acceptors (Lipinski definition) is 2. The molecule has 1 aliphatic carbocycles. The molecular weight excluding hydrogens is 208 g/mol. The lowest BCUT2D eigenvalue weighted by atomic mass is 9.76. The van der Waals surface area contributed by atoms with Crippen molar-refractivity contribution in [2.24, 2.45) is 23.5 Å². The van der Waals surface area contributed by atoms with E-state index in [2.05, 4.69) is 25.7 Å². The van der Waals surface area contributed by atoms with E-state index >= 15 is 0 Å². The van der Waals surface area contributed by atoms with Gasteiger partial charge >= 0.3 is 0 Å².